The first kappa shape index (κ1) is 15.9. The van der Waals surface area contributed by atoms with Crippen molar-refractivity contribution in [2.75, 3.05) is 20.0 Å². The topological polar surface area (TPSA) is 96.3 Å². The van der Waals surface area contributed by atoms with Crippen molar-refractivity contribution in [3.63, 3.8) is 0 Å². The smallest absolute Gasteiger partial charge is 0.165 e. The first-order valence-corrected chi connectivity index (χ1v) is 7.88. The Morgan fingerprint density at radius 3 is 2.62 bits per heavy atom. The highest BCUT2D eigenvalue weighted by atomic mass is 16.5. The lowest BCUT2D eigenvalue weighted by molar-refractivity contribution is 0.395. The third-order valence-corrected chi connectivity index (χ3v) is 4.10. The summed E-state index contributed by atoms with van der Waals surface area (Å²) in [5.41, 5.74) is 8.81. The van der Waals surface area contributed by atoms with Crippen molar-refractivity contribution in [3.05, 3.63) is 49.0 Å². The lowest BCUT2D eigenvalue weighted by Crippen LogP contribution is -1.99. The van der Waals surface area contributed by atoms with Crippen LogP contribution in [0.15, 0.2) is 53.4 Å². The van der Waals surface area contributed by atoms with Crippen LogP contribution in [0.4, 0.5) is 5.82 Å². The summed E-state index contributed by atoms with van der Waals surface area (Å²) in [5, 5.41) is 0.652. The van der Waals surface area contributed by atoms with Gasteiger partial charge in [-0.05, 0) is 30.3 Å². The SMILES string of the molecule is COc1ccc(-c2cc(-c3ccco3)c3c(N)ncnc3n2)c(OC)c1. The molecule has 4 aromatic rings. The Bertz CT molecular complexity index is 1080. The number of fused-ring (bicyclic) bond motifs is 1. The molecule has 4 rings (SSSR count). The molecular formula is C19H16N4O3. The molecule has 0 aliphatic carbocycles. The van der Waals surface area contributed by atoms with Gasteiger partial charge in [0.1, 0.15) is 29.4 Å². The minimum Gasteiger partial charge on any atom is -0.497 e. The Morgan fingerprint density at radius 2 is 1.88 bits per heavy atom. The summed E-state index contributed by atoms with van der Waals surface area (Å²) in [5.74, 6) is 2.35. The summed E-state index contributed by atoms with van der Waals surface area (Å²) < 4.78 is 16.3. The lowest BCUT2D eigenvalue weighted by Gasteiger charge is -2.12. The number of benzene rings is 1. The van der Waals surface area contributed by atoms with Crippen molar-refractivity contribution in [1.29, 1.82) is 0 Å². The summed E-state index contributed by atoms with van der Waals surface area (Å²) in [6.07, 6.45) is 3.00. The van der Waals surface area contributed by atoms with Crippen LogP contribution in [0.3, 0.4) is 0 Å². The fourth-order valence-corrected chi connectivity index (χ4v) is 2.86. The molecular weight excluding hydrogens is 332 g/mol. The number of pyridine rings is 1. The van der Waals surface area contributed by atoms with Gasteiger partial charge in [0.15, 0.2) is 5.65 Å². The minimum absolute atomic E-state index is 0.349. The first-order chi connectivity index (χ1) is 12.7. The molecule has 26 heavy (non-hydrogen) atoms. The lowest BCUT2D eigenvalue weighted by atomic mass is 10.0. The monoisotopic (exact) mass is 348 g/mol. The maximum atomic E-state index is 6.07. The van der Waals surface area contributed by atoms with E-state index in [1.165, 1.54) is 6.33 Å². The zero-order valence-electron chi connectivity index (χ0n) is 14.3. The van der Waals surface area contributed by atoms with Gasteiger partial charge in [-0.25, -0.2) is 15.0 Å². The van der Waals surface area contributed by atoms with Gasteiger partial charge >= 0.3 is 0 Å². The molecule has 0 aliphatic heterocycles. The van der Waals surface area contributed by atoms with Gasteiger partial charge in [-0.3, -0.25) is 0 Å². The average molecular weight is 348 g/mol. The molecule has 0 amide bonds. The summed E-state index contributed by atoms with van der Waals surface area (Å²) in [6.45, 7) is 0. The van der Waals surface area contributed by atoms with Gasteiger partial charge in [0.05, 0.1) is 31.6 Å². The van der Waals surface area contributed by atoms with Gasteiger partial charge < -0.3 is 19.6 Å². The molecule has 130 valence electrons. The highest BCUT2D eigenvalue weighted by molar-refractivity contribution is 6.00. The minimum atomic E-state index is 0.349. The second-order valence-corrected chi connectivity index (χ2v) is 5.56. The second kappa shape index (κ2) is 6.36. The molecule has 0 atom stereocenters. The Balaban J connectivity index is 2.01. The first-order valence-electron chi connectivity index (χ1n) is 7.88. The van der Waals surface area contributed by atoms with E-state index >= 15 is 0 Å². The van der Waals surface area contributed by atoms with Gasteiger partial charge in [0, 0.05) is 17.2 Å². The van der Waals surface area contributed by atoms with Crippen LogP contribution in [0, 0.1) is 0 Å². The van der Waals surface area contributed by atoms with Crippen molar-refractivity contribution in [1.82, 2.24) is 15.0 Å². The highest BCUT2D eigenvalue weighted by Crippen LogP contribution is 2.37. The van der Waals surface area contributed by atoms with E-state index in [4.69, 9.17) is 19.6 Å². The van der Waals surface area contributed by atoms with Crippen molar-refractivity contribution < 1.29 is 13.9 Å². The Labute approximate surface area is 149 Å². The van der Waals surface area contributed by atoms with Crippen molar-refractivity contribution in [2.45, 2.75) is 0 Å². The van der Waals surface area contributed by atoms with E-state index in [0.717, 1.165) is 11.1 Å². The zero-order valence-corrected chi connectivity index (χ0v) is 14.3. The molecule has 7 heteroatoms. The van der Waals surface area contributed by atoms with E-state index in [9.17, 15) is 0 Å². The van der Waals surface area contributed by atoms with Crippen LogP contribution < -0.4 is 15.2 Å². The molecule has 2 N–H and O–H groups in total. The molecule has 3 heterocycles. The standard InChI is InChI=1S/C19H16N4O3/c1-24-11-5-6-12(16(8-11)25-2)14-9-13(15-4-3-7-26-15)17-18(20)21-10-22-19(17)23-14/h3-10H,1-2H3,(H2,20,21,22,23). The number of nitrogens with two attached hydrogens (primary N) is 1. The zero-order chi connectivity index (χ0) is 18.1. The predicted molar refractivity (Wildman–Crippen MR) is 98.0 cm³/mol. The van der Waals surface area contributed by atoms with E-state index < -0.39 is 0 Å². The molecule has 0 spiro atoms. The number of rotatable bonds is 4. The van der Waals surface area contributed by atoms with Crippen LogP contribution in [-0.2, 0) is 0 Å². The van der Waals surface area contributed by atoms with Gasteiger partial charge in [-0.15, -0.1) is 0 Å². The molecule has 0 saturated heterocycles. The maximum absolute atomic E-state index is 6.07. The van der Waals surface area contributed by atoms with Crippen LogP contribution >= 0.6 is 0 Å². The number of aromatic nitrogens is 3. The van der Waals surface area contributed by atoms with Crippen molar-refractivity contribution >= 4 is 16.9 Å². The van der Waals surface area contributed by atoms with Crippen LogP contribution in [-0.4, -0.2) is 29.2 Å². The van der Waals surface area contributed by atoms with Crippen molar-refractivity contribution in [3.8, 4) is 34.1 Å². The predicted octanol–water partition coefficient (Wildman–Crippen LogP) is 3.55. The number of nitrogen functional groups attached to an aromatic ring is 1. The molecule has 0 fully saturated rings. The van der Waals surface area contributed by atoms with Gasteiger partial charge in [-0.2, -0.15) is 0 Å². The number of nitrogens with zero attached hydrogens (tertiary/aromatic N) is 3. The van der Waals surface area contributed by atoms with E-state index in [2.05, 4.69) is 15.0 Å². The number of anilines is 1. The fourth-order valence-electron chi connectivity index (χ4n) is 2.86. The average Bonchev–Trinajstić information content (AvgIpc) is 3.21. The fraction of sp³-hybridized carbons (Fsp3) is 0.105. The van der Waals surface area contributed by atoms with Crippen LogP contribution in [0.1, 0.15) is 0 Å². The maximum Gasteiger partial charge on any atom is 0.165 e. The second-order valence-electron chi connectivity index (χ2n) is 5.56. The molecule has 0 bridgehead atoms. The number of ether oxygens (including phenoxy) is 2. The van der Waals surface area contributed by atoms with E-state index in [1.54, 1.807) is 20.5 Å². The van der Waals surface area contributed by atoms with Crippen LogP contribution in [0.25, 0.3) is 33.6 Å². The van der Waals surface area contributed by atoms with Gasteiger partial charge in [-0.1, -0.05) is 0 Å². The van der Waals surface area contributed by atoms with Crippen molar-refractivity contribution in [2.24, 2.45) is 0 Å². The Hall–Kier alpha value is -3.61. The van der Waals surface area contributed by atoms with Gasteiger partial charge in [0.2, 0.25) is 0 Å². The van der Waals surface area contributed by atoms with E-state index in [-0.39, 0.29) is 0 Å². The summed E-state index contributed by atoms with van der Waals surface area (Å²) in [6, 6.07) is 11.1. The largest absolute Gasteiger partial charge is 0.497 e. The third-order valence-electron chi connectivity index (χ3n) is 4.10. The van der Waals surface area contributed by atoms with Crippen LogP contribution in [0.2, 0.25) is 0 Å². The summed E-state index contributed by atoms with van der Waals surface area (Å²) in [4.78, 5) is 13.0. The number of hydrogen-bond donors (Lipinski definition) is 1. The summed E-state index contributed by atoms with van der Waals surface area (Å²) >= 11 is 0. The van der Waals surface area contributed by atoms with E-state index in [1.807, 2.05) is 36.4 Å². The molecule has 1 aromatic carbocycles. The molecule has 0 saturated carbocycles. The normalized spacial score (nSPS) is 10.8. The molecule has 0 radical (unpaired) electrons. The Kier molecular flexibility index (Phi) is 3.89. The number of furan rings is 1. The molecule has 3 aromatic heterocycles. The number of hydrogen-bond acceptors (Lipinski definition) is 7. The molecule has 0 aliphatic rings. The van der Waals surface area contributed by atoms with E-state index in [0.29, 0.717) is 39.8 Å². The highest BCUT2D eigenvalue weighted by Gasteiger charge is 2.17. The molecule has 0 unspecified atom stereocenters. The third kappa shape index (κ3) is 2.59. The van der Waals surface area contributed by atoms with Crippen LogP contribution in [0.5, 0.6) is 11.5 Å². The quantitative estimate of drug-likeness (QED) is 0.602. The number of methoxy groups -OCH3 is 2. The molecule has 7 nitrogen and oxygen atoms in total. The Morgan fingerprint density at radius 1 is 1.00 bits per heavy atom. The summed E-state index contributed by atoms with van der Waals surface area (Å²) in [7, 11) is 3.21. The van der Waals surface area contributed by atoms with Gasteiger partial charge in [0.25, 0.3) is 0 Å².